The van der Waals surface area contributed by atoms with Crippen LogP contribution in [0.2, 0.25) is 19.6 Å². The van der Waals surface area contributed by atoms with Crippen LogP contribution < -0.4 is 15.5 Å². The molecule has 0 aromatic heterocycles. The maximum Gasteiger partial charge on any atom is 0.242 e. The minimum atomic E-state index is -1.68. The summed E-state index contributed by atoms with van der Waals surface area (Å²) in [5.74, 6) is 0.742. The Balaban J connectivity index is 2.35. The zero-order valence-electron chi connectivity index (χ0n) is 10.5. The van der Waals surface area contributed by atoms with Crippen LogP contribution in [0, 0.1) is 0 Å². The molecule has 5 heteroatoms. The van der Waals surface area contributed by atoms with E-state index in [1.54, 1.807) is 0 Å². The summed E-state index contributed by atoms with van der Waals surface area (Å²) in [5.41, 5.74) is 8.55. The monoisotopic (exact) mass is 250 g/mol. The van der Waals surface area contributed by atoms with Crippen molar-refractivity contribution in [3.8, 4) is 5.75 Å². The second-order valence-corrected chi connectivity index (χ2v) is 9.74. The number of nitrogens with one attached hydrogen (secondary N) is 1. The lowest BCUT2D eigenvalue weighted by Crippen LogP contribution is -2.30. The number of nitrogens with two attached hydrogens (primary N) is 1. The van der Waals surface area contributed by atoms with E-state index in [0.29, 0.717) is 17.9 Å². The number of carbonyl (C=O) groups excluding carboxylic acids is 1. The third kappa shape index (κ3) is 2.79. The maximum atomic E-state index is 11.3. The number of aryl methyl sites for hydroxylation is 1. The van der Waals surface area contributed by atoms with Gasteiger partial charge in [0.25, 0.3) is 0 Å². The van der Waals surface area contributed by atoms with Gasteiger partial charge in [0.2, 0.25) is 14.2 Å². The van der Waals surface area contributed by atoms with E-state index < -0.39 is 8.32 Å². The number of benzene rings is 1. The van der Waals surface area contributed by atoms with Crippen molar-refractivity contribution >= 4 is 25.6 Å². The van der Waals surface area contributed by atoms with E-state index in [4.69, 9.17) is 10.2 Å². The second-order valence-electron chi connectivity index (χ2n) is 5.31. The van der Waals surface area contributed by atoms with E-state index in [1.165, 1.54) is 0 Å². The molecule has 0 unspecified atom stereocenters. The van der Waals surface area contributed by atoms with E-state index in [9.17, 15) is 4.79 Å². The Morgan fingerprint density at radius 1 is 1.29 bits per heavy atom. The topological polar surface area (TPSA) is 64.3 Å². The first-order valence-corrected chi connectivity index (χ1v) is 9.17. The quantitative estimate of drug-likeness (QED) is 0.625. The van der Waals surface area contributed by atoms with Gasteiger partial charge in [-0.1, -0.05) is 0 Å². The Morgan fingerprint density at radius 3 is 2.65 bits per heavy atom. The first-order valence-electron chi connectivity index (χ1n) is 5.76. The average Bonchev–Trinajstić information content (AvgIpc) is 2.17. The average molecular weight is 250 g/mol. The Bertz CT molecular complexity index is 466. The summed E-state index contributed by atoms with van der Waals surface area (Å²) in [6.07, 6.45) is 1.28. The van der Waals surface area contributed by atoms with Gasteiger partial charge in [-0.2, -0.15) is 0 Å². The van der Waals surface area contributed by atoms with Crippen molar-refractivity contribution < 1.29 is 9.22 Å². The number of anilines is 2. The molecule has 1 aliphatic rings. The molecule has 0 bridgehead atoms. The fourth-order valence-electron chi connectivity index (χ4n) is 1.85. The molecule has 2 rings (SSSR count). The lowest BCUT2D eigenvalue weighted by atomic mass is 10.0. The summed E-state index contributed by atoms with van der Waals surface area (Å²) in [4.78, 5) is 11.3. The number of rotatable bonds is 2. The Labute approximate surface area is 102 Å². The van der Waals surface area contributed by atoms with E-state index in [0.717, 1.165) is 17.7 Å². The van der Waals surface area contributed by atoms with Crippen molar-refractivity contribution in [2.75, 3.05) is 11.1 Å². The molecule has 0 saturated heterocycles. The lowest BCUT2D eigenvalue weighted by Gasteiger charge is -2.24. The van der Waals surface area contributed by atoms with Gasteiger partial charge in [0.15, 0.2) is 0 Å². The first kappa shape index (κ1) is 12.0. The van der Waals surface area contributed by atoms with Crippen LogP contribution in [0.4, 0.5) is 11.4 Å². The van der Waals surface area contributed by atoms with Gasteiger partial charge < -0.3 is 15.5 Å². The molecule has 1 aliphatic heterocycles. The van der Waals surface area contributed by atoms with Crippen LogP contribution in [0.5, 0.6) is 5.75 Å². The molecule has 92 valence electrons. The molecule has 17 heavy (non-hydrogen) atoms. The predicted octanol–water partition coefficient (Wildman–Crippen LogP) is 2.37. The number of nitrogen functional groups attached to an aromatic ring is 1. The van der Waals surface area contributed by atoms with Crippen LogP contribution in [0.1, 0.15) is 12.0 Å². The summed E-state index contributed by atoms with van der Waals surface area (Å²) in [6, 6.07) is 3.75. The second kappa shape index (κ2) is 4.07. The van der Waals surface area contributed by atoms with Crippen molar-refractivity contribution in [1.82, 2.24) is 0 Å². The number of hydrogen-bond donors (Lipinski definition) is 2. The minimum absolute atomic E-state index is 0.0567. The van der Waals surface area contributed by atoms with Gasteiger partial charge >= 0.3 is 0 Å². The van der Waals surface area contributed by atoms with Crippen molar-refractivity contribution in [3.05, 3.63) is 17.7 Å². The fourth-order valence-corrected chi connectivity index (χ4v) is 2.68. The Hall–Kier alpha value is -1.49. The molecule has 0 atom stereocenters. The van der Waals surface area contributed by atoms with Crippen molar-refractivity contribution in [1.29, 1.82) is 0 Å². The third-order valence-electron chi connectivity index (χ3n) is 2.55. The highest BCUT2D eigenvalue weighted by atomic mass is 28.4. The van der Waals surface area contributed by atoms with E-state index in [-0.39, 0.29) is 5.91 Å². The molecule has 0 saturated carbocycles. The highest BCUT2D eigenvalue weighted by Crippen LogP contribution is 2.33. The smallest absolute Gasteiger partial charge is 0.242 e. The summed E-state index contributed by atoms with van der Waals surface area (Å²) in [5, 5.41) is 2.85. The maximum absolute atomic E-state index is 11.3. The summed E-state index contributed by atoms with van der Waals surface area (Å²) in [7, 11) is -1.68. The zero-order chi connectivity index (χ0) is 12.6. The predicted molar refractivity (Wildman–Crippen MR) is 71.8 cm³/mol. The molecule has 1 amide bonds. The zero-order valence-corrected chi connectivity index (χ0v) is 11.5. The first-order chi connectivity index (χ1) is 7.85. The van der Waals surface area contributed by atoms with Crippen LogP contribution in [0.15, 0.2) is 12.1 Å². The van der Waals surface area contributed by atoms with Crippen molar-refractivity contribution in [2.45, 2.75) is 32.5 Å². The molecule has 0 radical (unpaired) electrons. The van der Waals surface area contributed by atoms with Gasteiger partial charge in [-0.05, 0) is 37.7 Å². The van der Waals surface area contributed by atoms with Gasteiger partial charge in [0.1, 0.15) is 5.75 Å². The third-order valence-corrected chi connectivity index (χ3v) is 3.38. The van der Waals surface area contributed by atoms with E-state index in [2.05, 4.69) is 25.0 Å². The highest BCUT2D eigenvalue weighted by Gasteiger charge is 2.21. The summed E-state index contributed by atoms with van der Waals surface area (Å²) >= 11 is 0. The molecular formula is C12H18N2O2Si. The molecule has 1 aromatic rings. The Morgan fingerprint density at radius 2 is 2.00 bits per heavy atom. The van der Waals surface area contributed by atoms with Gasteiger partial charge in [-0.15, -0.1) is 0 Å². The van der Waals surface area contributed by atoms with Crippen LogP contribution in [-0.2, 0) is 11.2 Å². The molecule has 0 spiro atoms. The normalized spacial score (nSPS) is 15.1. The van der Waals surface area contributed by atoms with E-state index >= 15 is 0 Å². The lowest BCUT2D eigenvalue weighted by molar-refractivity contribution is -0.116. The van der Waals surface area contributed by atoms with E-state index in [1.807, 2.05) is 12.1 Å². The summed E-state index contributed by atoms with van der Waals surface area (Å²) in [6.45, 7) is 6.30. The van der Waals surface area contributed by atoms with Crippen LogP contribution in [-0.4, -0.2) is 14.2 Å². The molecule has 0 fully saturated rings. The minimum Gasteiger partial charge on any atom is -0.543 e. The number of fused-ring (bicyclic) bond motifs is 1. The van der Waals surface area contributed by atoms with Crippen LogP contribution in [0.3, 0.4) is 0 Å². The Kier molecular flexibility index (Phi) is 2.87. The SMILES string of the molecule is C[Si](C)(C)Oc1cc2c(cc1N)CCC(=O)N2. The molecule has 1 aromatic carbocycles. The summed E-state index contributed by atoms with van der Waals surface area (Å²) < 4.78 is 5.90. The fraction of sp³-hybridized carbons (Fsp3) is 0.417. The number of carbonyl (C=O) groups is 1. The number of amides is 1. The van der Waals surface area contributed by atoms with Gasteiger partial charge in [0, 0.05) is 18.2 Å². The highest BCUT2D eigenvalue weighted by molar-refractivity contribution is 6.70. The molecular weight excluding hydrogens is 232 g/mol. The van der Waals surface area contributed by atoms with Gasteiger partial charge in [0.05, 0.1) is 5.69 Å². The van der Waals surface area contributed by atoms with Crippen molar-refractivity contribution in [2.24, 2.45) is 0 Å². The molecule has 4 nitrogen and oxygen atoms in total. The largest absolute Gasteiger partial charge is 0.543 e. The van der Waals surface area contributed by atoms with Gasteiger partial charge in [-0.3, -0.25) is 4.79 Å². The number of hydrogen-bond acceptors (Lipinski definition) is 3. The van der Waals surface area contributed by atoms with Crippen LogP contribution >= 0.6 is 0 Å². The van der Waals surface area contributed by atoms with Crippen LogP contribution in [0.25, 0.3) is 0 Å². The molecule has 1 heterocycles. The van der Waals surface area contributed by atoms with Gasteiger partial charge in [-0.25, -0.2) is 0 Å². The van der Waals surface area contributed by atoms with Crippen molar-refractivity contribution in [3.63, 3.8) is 0 Å². The molecule has 0 aliphatic carbocycles. The molecule has 3 N–H and O–H groups in total. The standard InChI is InChI=1S/C12H18N2O2Si/c1-17(2,3)16-11-7-10-8(6-9(11)13)4-5-12(15)14-10/h6-7H,4-5,13H2,1-3H3,(H,14,15).